The summed E-state index contributed by atoms with van der Waals surface area (Å²) in [5.41, 5.74) is -0.160. The Labute approximate surface area is 86.1 Å². The third-order valence-corrected chi connectivity index (χ3v) is 2.30. The largest absolute Gasteiger partial charge is 0.395 e. The Balaban J connectivity index is 3.95. The van der Waals surface area contributed by atoms with Crippen LogP contribution in [-0.4, -0.2) is 35.7 Å². The zero-order valence-electron chi connectivity index (χ0n) is 9.55. The number of carbonyl (C=O) groups excluding carboxylic acids is 1. The monoisotopic (exact) mass is 202 g/mol. The van der Waals surface area contributed by atoms with Gasteiger partial charge in [-0.2, -0.15) is 0 Å². The number of aliphatic hydroxyl groups excluding tert-OH is 1. The lowest BCUT2D eigenvalue weighted by Crippen LogP contribution is -2.51. The third-order valence-electron chi connectivity index (χ3n) is 2.30. The summed E-state index contributed by atoms with van der Waals surface area (Å²) in [6, 6.07) is -0.257. The summed E-state index contributed by atoms with van der Waals surface area (Å²) in [5, 5.41) is 14.4. The topological polar surface area (TPSA) is 61.4 Å². The fourth-order valence-electron chi connectivity index (χ4n) is 0.904. The highest BCUT2D eigenvalue weighted by Gasteiger charge is 2.20. The van der Waals surface area contributed by atoms with Gasteiger partial charge in [0, 0.05) is 12.1 Å². The van der Waals surface area contributed by atoms with Gasteiger partial charge in [0.05, 0.1) is 12.6 Å². The first-order valence-electron chi connectivity index (χ1n) is 5.09. The van der Waals surface area contributed by atoms with Crippen molar-refractivity contribution in [1.29, 1.82) is 0 Å². The number of amides is 1. The van der Waals surface area contributed by atoms with Crippen LogP contribution in [0.15, 0.2) is 0 Å². The number of hydrogen-bond acceptors (Lipinski definition) is 3. The summed E-state index contributed by atoms with van der Waals surface area (Å²) in [6.07, 6.45) is 0.894. The minimum Gasteiger partial charge on any atom is -0.395 e. The molecule has 0 aliphatic carbocycles. The van der Waals surface area contributed by atoms with Crippen LogP contribution in [0.4, 0.5) is 0 Å². The molecule has 0 bridgehead atoms. The first-order chi connectivity index (χ1) is 6.43. The van der Waals surface area contributed by atoms with E-state index in [0.29, 0.717) is 6.54 Å². The fraction of sp³-hybridized carbons (Fsp3) is 0.900. The Morgan fingerprint density at radius 3 is 2.50 bits per heavy atom. The minimum atomic E-state index is -0.257. The van der Waals surface area contributed by atoms with Gasteiger partial charge in [0.2, 0.25) is 5.91 Å². The molecule has 0 saturated carbocycles. The van der Waals surface area contributed by atoms with Crippen LogP contribution in [0, 0.1) is 0 Å². The van der Waals surface area contributed by atoms with Gasteiger partial charge < -0.3 is 15.7 Å². The Bertz CT molecular complexity index is 181. The second-order valence-corrected chi connectivity index (χ2v) is 4.13. The van der Waals surface area contributed by atoms with E-state index in [1.807, 2.05) is 20.8 Å². The number of hydrogen-bond donors (Lipinski definition) is 3. The van der Waals surface area contributed by atoms with Gasteiger partial charge in [-0.25, -0.2) is 0 Å². The summed E-state index contributed by atoms with van der Waals surface area (Å²) in [6.45, 7) is 8.30. The van der Waals surface area contributed by atoms with Crippen molar-refractivity contribution in [3.63, 3.8) is 0 Å². The molecule has 0 aliphatic heterocycles. The Hall–Kier alpha value is -0.610. The molecule has 0 aromatic rings. The van der Waals surface area contributed by atoms with Crippen molar-refractivity contribution in [2.45, 2.75) is 45.7 Å². The summed E-state index contributed by atoms with van der Waals surface area (Å²) in [4.78, 5) is 11.6. The lowest BCUT2D eigenvalue weighted by atomic mass is 10.0. The van der Waals surface area contributed by atoms with Crippen LogP contribution >= 0.6 is 0 Å². The molecule has 0 aliphatic rings. The molecule has 84 valence electrons. The summed E-state index contributed by atoms with van der Waals surface area (Å²) in [7, 11) is 0. The first-order valence-corrected chi connectivity index (χ1v) is 5.09. The van der Waals surface area contributed by atoms with Gasteiger partial charge in [0.1, 0.15) is 0 Å². The van der Waals surface area contributed by atoms with Crippen LogP contribution in [0.3, 0.4) is 0 Å². The quantitative estimate of drug-likeness (QED) is 0.579. The predicted molar refractivity (Wildman–Crippen MR) is 57.1 cm³/mol. The number of carbonyl (C=O) groups is 1. The molecule has 0 fully saturated rings. The highest BCUT2D eigenvalue weighted by Crippen LogP contribution is 2.06. The average molecular weight is 202 g/mol. The second-order valence-electron chi connectivity index (χ2n) is 4.13. The highest BCUT2D eigenvalue weighted by molar-refractivity contribution is 5.81. The van der Waals surface area contributed by atoms with E-state index in [2.05, 4.69) is 10.6 Å². The molecular weight excluding hydrogens is 180 g/mol. The van der Waals surface area contributed by atoms with Gasteiger partial charge in [-0.3, -0.25) is 4.79 Å². The number of aliphatic hydroxyl groups is 1. The van der Waals surface area contributed by atoms with Crippen LogP contribution in [0.2, 0.25) is 0 Å². The molecule has 1 unspecified atom stereocenters. The van der Waals surface area contributed by atoms with Gasteiger partial charge in [0.15, 0.2) is 0 Å². The lowest BCUT2D eigenvalue weighted by molar-refractivity contribution is -0.124. The second kappa shape index (κ2) is 5.98. The molecule has 0 heterocycles. The normalized spacial score (nSPS) is 13.8. The van der Waals surface area contributed by atoms with Crippen LogP contribution in [-0.2, 0) is 4.79 Å². The summed E-state index contributed by atoms with van der Waals surface area (Å²) in [5.74, 6) is -0.0229. The Morgan fingerprint density at radius 2 is 2.07 bits per heavy atom. The maximum Gasteiger partial charge on any atom is 0.237 e. The van der Waals surface area contributed by atoms with Crippen molar-refractivity contribution in [1.82, 2.24) is 10.6 Å². The van der Waals surface area contributed by atoms with Crippen molar-refractivity contribution in [3.8, 4) is 0 Å². The van der Waals surface area contributed by atoms with Gasteiger partial charge >= 0.3 is 0 Å². The van der Waals surface area contributed by atoms with Crippen molar-refractivity contribution in [2.24, 2.45) is 0 Å². The molecule has 0 aromatic carbocycles. The van der Waals surface area contributed by atoms with E-state index in [4.69, 9.17) is 5.11 Å². The molecule has 14 heavy (non-hydrogen) atoms. The molecule has 4 heteroatoms. The maximum absolute atomic E-state index is 11.6. The Morgan fingerprint density at radius 1 is 1.50 bits per heavy atom. The first kappa shape index (κ1) is 13.4. The van der Waals surface area contributed by atoms with Crippen molar-refractivity contribution >= 4 is 5.91 Å². The SMILES string of the molecule is CCC(C)(C)NC(=O)C(C)NCCO. The highest BCUT2D eigenvalue weighted by atomic mass is 16.3. The van der Waals surface area contributed by atoms with Crippen molar-refractivity contribution in [2.75, 3.05) is 13.2 Å². The molecule has 3 N–H and O–H groups in total. The predicted octanol–water partition coefficient (Wildman–Crippen LogP) is 0.262. The van der Waals surface area contributed by atoms with E-state index in [1.165, 1.54) is 0 Å². The Kier molecular flexibility index (Phi) is 5.72. The third kappa shape index (κ3) is 5.19. The zero-order chi connectivity index (χ0) is 11.2. The van der Waals surface area contributed by atoms with Crippen molar-refractivity contribution < 1.29 is 9.90 Å². The van der Waals surface area contributed by atoms with E-state index in [-0.39, 0.29) is 24.1 Å². The van der Waals surface area contributed by atoms with Gasteiger partial charge in [0.25, 0.3) is 0 Å². The van der Waals surface area contributed by atoms with Crippen LogP contribution in [0.1, 0.15) is 34.1 Å². The number of rotatable bonds is 6. The van der Waals surface area contributed by atoms with E-state index < -0.39 is 0 Å². The van der Waals surface area contributed by atoms with Crippen LogP contribution < -0.4 is 10.6 Å². The van der Waals surface area contributed by atoms with Gasteiger partial charge in [-0.1, -0.05) is 6.92 Å². The molecule has 0 saturated heterocycles. The van der Waals surface area contributed by atoms with E-state index in [1.54, 1.807) is 6.92 Å². The number of nitrogens with one attached hydrogen (secondary N) is 2. The molecule has 4 nitrogen and oxygen atoms in total. The van der Waals surface area contributed by atoms with Crippen LogP contribution in [0.5, 0.6) is 0 Å². The molecular formula is C10H22N2O2. The molecule has 1 amide bonds. The molecule has 0 radical (unpaired) electrons. The van der Waals surface area contributed by atoms with Crippen LogP contribution in [0.25, 0.3) is 0 Å². The minimum absolute atomic E-state index is 0.0229. The van der Waals surface area contributed by atoms with E-state index >= 15 is 0 Å². The van der Waals surface area contributed by atoms with E-state index in [9.17, 15) is 4.79 Å². The lowest BCUT2D eigenvalue weighted by Gasteiger charge is -2.26. The smallest absolute Gasteiger partial charge is 0.237 e. The van der Waals surface area contributed by atoms with Crippen molar-refractivity contribution in [3.05, 3.63) is 0 Å². The van der Waals surface area contributed by atoms with Gasteiger partial charge in [-0.05, 0) is 27.2 Å². The average Bonchev–Trinajstić information content (AvgIpc) is 2.13. The fourth-order valence-corrected chi connectivity index (χ4v) is 0.904. The molecule has 0 spiro atoms. The van der Waals surface area contributed by atoms with E-state index in [0.717, 1.165) is 6.42 Å². The van der Waals surface area contributed by atoms with Gasteiger partial charge in [-0.15, -0.1) is 0 Å². The zero-order valence-corrected chi connectivity index (χ0v) is 9.55. The molecule has 0 rings (SSSR count). The molecule has 1 atom stereocenters. The standard InChI is InChI=1S/C10H22N2O2/c1-5-10(3,4)12-9(14)8(2)11-6-7-13/h8,11,13H,5-7H2,1-4H3,(H,12,14). The molecule has 0 aromatic heterocycles. The summed E-state index contributed by atoms with van der Waals surface area (Å²) < 4.78 is 0. The maximum atomic E-state index is 11.6. The summed E-state index contributed by atoms with van der Waals surface area (Å²) >= 11 is 0.